The van der Waals surface area contributed by atoms with Crippen molar-refractivity contribution in [1.82, 2.24) is 15.1 Å². The maximum absolute atomic E-state index is 11.9. The Bertz CT molecular complexity index is 568. The monoisotopic (exact) mass is 295 g/mol. The number of nitrogens with one attached hydrogen (secondary N) is 2. The molecule has 2 N–H and O–H groups in total. The average Bonchev–Trinajstić information content (AvgIpc) is 2.59. The molecule has 90 valence electrons. The second kappa shape index (κ2) is 4.89. The number of rotatable bonds is 3. The van der Waals surface area contributed by atoms with Crippen molar-refractivity contribution in [2.45, 2.75) is 6.54 Å². The van der Waals surface area contributed by atoms with Crippen molar-refractivity contribution in [1.29, 1.82) is 0 Å². The number of nitrogens with zero attached hydrogens (tertiary/aromatic N) is 1. The molecule has 0 unspecified atom stereocenters. The molecule has 0 atom stereocenters. The third-order valence-corrected chi connectivity index (χ3v) is 3.16. The van der Waals surface area contributed by atoms with E-state index < -0.39 is 0 Å². The van der Waals surface area contributed by atoms with E-state index in [0.29, 0.717) is 6.54 Å². The molecule has 0 saturated carbocycles. The first-order valence-corrected chi connectivity index (χ1v) is 6.11. The number of aromatic nitrogens is 2. The molecule has 2 aromatic rings. The van der Waals surface area contributed by atoms with Crippen molar-refractivity contribution in [3.63, 3.8) is 0 Å². The predicted molar refractivity (Wildman–Crippen MR) is 71.9 cm³/mol. The topological polar surface area (TPSA) is 49.8 Å². The van der Waals surface area contributed by atoms with Crippen LogP contribution in [0.25, 0.3) is 11.3 Å². The minimum atomic E-state index is 0.0114. The summed E-state index contributed by atoms with van der Waals surface area (Å²) in [4.78, 5) is 11.9. The molecule has 5 heteroatoms. The van der Waals surface area contributed by atoms with Gasteiger partial charge < -0.3 is 5.32 Å². The van der Waals surface area contributed by atoms with Gasteiger partial charge in [0.1, 0.15) is 0 Å². The summed E-state index contributed by atoms with van der Waals surface area (Å²) in [5.74, 6) is 0. The van der Waals surface area contributed by atoms with E-state index >= 15 is 0 Å². The van der Waals surface area contributed by atoms with Crippen molar-refractivity contribution in [3.8, 4) is 11.3 Å². The van der Waals surface area contributed by atoms with E-state index in [0.717, 1.165) is 21.3 Å². The number of benzene rings is 1. The highest BCUT2D eigenvalue weighted by atomic mass is 79.9. The standard InChI is InChI=1S/C12H14BrN3O/c1-14-7-10-11(15-16(2)12(10)17)8-3-5-9(13)6-4-8/h3-6,14-15H,7H2,1-2H3. The molecule has 1 aromatic carbocycles. The van der Waals surface area contributed by atoms with Gasteiger partial charge in [-0.25, -0.2) is 0 Å². The van der Waals surface area contributed by atoms with Crippen molar-refractivity contribution >= 4 is 15.9 Å². The zero-order valence-corrected chi connectivity index (χ0v) is 11.3. The maximum Gasteiger partial charge on any atom is 0.271 e. The fourth-order valence-corrected chi connectivity index (χ4v) is 2.06. The Labute approximate surface area is 108 Å². The number of aromatic amines is 1. The molecule has 0 radical (unpaired) electrons. The first kappa shape index (κ1) is 12.1. The van der Waals surface area contributed by atoms with Crippen molar-refractivity contribution in [3.05, 3.63) is 44.7 Å². The number of hydrogen-bond acceptors (Lipinski definition) is 2. The third-order valence-electron chi connectivity index (χ3n) is 2.63. The smallest absolute Gasteiger partial charge is 0.271 e. The molecule has 0 bridgehead atoms. The van der Waals surface area contributed by atoms with Gasteiger partial charge in [-0.15, -0.1) is 0 Å². The Morgan fingerprint density at radius 1 is 1.35 bits per heavy atom. The van der Waals surface area contributed by atoms with Crippen LogP contribution in [0.2, 0.25) is 0 Å². The minimum Gasteiger partial charge on any atom is -0.315 e. The molecule has 0 fully saturated rings. The van der Waals surface area contributed by atoms with Gasteiger partial charge in [-0.05, 0) is 19.2 Å². The summed E-state index contributed by atoms with van der Waals surface area (Å²) < 4.78 is 2.53. The minimum absolute atomic E-state index is 0.0114. The van der Waals surface area contributed by atoms with Gasteiger partial charge in [-0.1, -0.05) is 28.1 Å². The van der Waals surface area contributed by atoms with Gasteiger partial charge in [0, 0.05) is 23.6 Å². The molecule has 0 amide bonds. The van der Waals surface area contributed by atoms with Gasteiger partial charge >= 0.3 is 0 Å². The van der Waals surface area contributed by atoms with Crippen molar-refractivity contribution in [2.24, 2.45) is 7.05 Å². The molecule has 1 heterocycles. The lowest BCUT2D eigenvalue weighted by atomic mass is 10.1. The first-order valence-electron chi connectivity index (χ1n) is 5.32. The van der Waals surface area contributed by atoms with Gasteiger partial charge in [0.2, 0.25) is 0 Å². The number of hydrogen-bond donors (Lipinski definition) is 2. The highest BCUT2D eigenvalue weighted by molar-refractivity contribution is 9.10. The normalized spacial score (nSPS) is 10.8. The fraction of sp³-hybridized carbons (Fsp3) is 0.250. The quantitative estimate of drug-likeness (QED) is 0.908. The SMILES string of the molecule is CNCc1c(-c2ccc(Br)cc2)[nH]n(C)c1=O. The number of aryl methyl sites for hydroxylation is 1. The molecule has 0 saturated heterocycles. The summed E-state index contributed by atoms with van der Waals surface area (Å²) in [6.07, 6.45) is 0. The van der Waals surface area contributed by atoms with Crippen LogP contribution in [0.15, 0.2) is 33.5 Å². The van der Waals surface area contributed by atoms with E-state index in [1.54, 1.807) is 7.05 Å². The lowest BCUT2D eigenvalue weighted by Gasteiger charge is -2.02. The predicted octanol–water partition coefficient (Wildman–Crippen LogP) is 1.86. The molecule has 17 heavy (non-hydrogen) atoms. The molecule has 4 nitrogen and oxygen atoms in total. The van der Waals surface area contributed by atoms with Crippen LogP contribution in [0.4, 0.5) is 0 Å². The van der Waals surface area contributed by atoms with Gasteiger partial charge in [0.05, 0.1) is 11.3 Å². The molecule has 0 aliphatic heterocycles. The van der Waals surface area contributed by atoms with Crippen LogP contribution in [0.1, 0.15) is 5.56 Å². The van der Waals surface area contributed by atoms with Gasteiger partial charge in [-0.3, -0.25) is 14.6 Å². The highest BCUT2D eigenvalue weighted by Gasteiger charge is 2.12. The van der Waals surface area contributed by atoms with E-state index in [9.17, 15) is 4.79 Å². The molecule has 0 aliphatic rings. The van der Waals surface area contributed by atoms with Crippen LogP contribution in [-0.2, 0) is 13.6 Å². The van der Waals surface area contributed by atoms with Gasteiger partial charge in [-0.2, -0.15) is 0 Å². The Hall–Kier alpha value is -1.33. The highest BCUT2D eigenvalue weighted by Crippen LogP contribution is 2.21. The number of halogens is 1. The molecular formula is C12H14BrN3O. The van der Waals surface area contributed by atoms with Gasteiger partial charge in [0.25, 0.3) is 5.56 Å². The van der Waals surface area contributed by atoms with Crippen LogP contribution in [-0.4, -0.2) is 16.8 Å². The second-order valence-electron chi connectivity index (χ2n) is 3.87. The van der Waals surface area contributed by atoms with Crippen molar-refractivity contribution < 1.29 is 0 Å². The molecular weight excluding hydrogens is 282 g/mol. The first-order chi connectivity index (χ1) is 8.13. The van der Waals surface area contributed by atoms with Crippen LogP contribution in [0.3, 0.4) is 0 Å². The van der Waals surface area contributed by atoms with Gasteiger partial charge in [0.15, 0.2) is 0 Å². The van der Waals surface area contributed by atoms with Crippen LogP contribution in [0, 0.1) is 0 Å². The molecule has 1 aromatic heterocycles. The lowest BCUT2D eigenvalue weighted by molar-refractivity contribution is 0.734. The zero-order valence-electron chi connectivity index (χ0n) is 9.75. The Balaban J connectivity index is 2.54. The van der Waals surface area contributed by atoms with E-state index in [2.05, 4.69) is 26.3 Å². The maximum atomic E-state index is 11.9. The Morgan fingerprint density at radius 2 is 2.00 bits per heavy atom. The number of H-pyrrole nitrogens is 1. The molecule has 0 aliphatic carbocycles. The Morgan fingerprint density at radius 3 is 2.59 bits per heavy atom. The van der Waals surface area contributed by atoms with E-state index in [1.807, 2.05) is 31.3 Å². The lowest BCUT2D eigenvalue weighted by Crippen LogP contribution is -2.19. The van der Waals surface area contributed by atoms with E-state index in [4.69, 9.17) is 0 Å². The van der Waals surface area contributed by atoms with Crippen molar-refractivity contribution in [2.75, 3.05) is 7.05 Å². The summed E-state index contributed by atoms with van der Waals surface area (Å²) in [7, 11) is 3.56. The van der Waals surface area contributed by atoms with Crippen LogP contribution >= 0.6 is 15.9 Å². The second-order valence-corrected chi connectivity index (χ2v) is 4.78. The summed E-state index contributed by atoms with van der Waals surface area (Å²) in [5.41, 5.74) is 2.66. The summed E-state index contributed by atoms with van der Waals surface area (Å²) in [6, 6.07) is 7.89. The van der Waals surface area contributed by atoms with E-state index in [1.165, 1.54) is 4.68 Å². The van der Waals surface area contributed by atoms with Crippen LogP contribution < -0.4 is 10.9 Å². The Kier molecular flexibility index (Phi) is 3.49. The fourth-order valence-electron chi connectivity index (χ4n) is 1.79. The van der Waals surface area contributed by atoms with Crippen LogP contribution in [0.5, 0.6) is 0 Å². The summed E-state index contributed by atoms with van der Waals surface area (Å²) >= 11 is 3.40. The third kappa shape index (κ3) is 2.35. The summed E-state index contributed by atoms with van der Waals surface area (Å²) in [5, 5.41) is 6.10. The molecule has 0 spiro atoms. The zero-order chi connectivity index (χ0) is 12.4. The average molecular weight is 296 g/mol. The van der Waals surface area contributed by atoms with E-state index in [-0.39, 0.29) is 5.56 Å². The summed E-state index contributed by atoms with van der Waals surface area (Å²) in [6.45, 7) is 0.557. The largest absolute Gasteiger partial charge is 0.315 e. The molecule has 2 rings (SSSR count).